The molecule has 4 nitrogen and oxygen atoms in total. The molecule has 1 aromatic rings. The Kier molecular flexibility index (Phi) is 7.55. The van der Waals surface area contributed by atoms with Crippen LogP contribution in [0.25, 0.3) is 0 Å². The van der Waals surface area contributed by atoms with Crippen LogP contribution in [0.1, 0.15) is 64.3 Å². The van der Waals surface area contributed by atoms with E-state index in [1.54, 1.807) is 4.90 Å². The molecule has 1 rings (SSSR count). The third-order valence-corrected chi connectivity index (χ3v) is 4.92. The second kappa shape index (κ2) is 8.69. The topological polar surface area (TPSA) is 41.6 Å². The number of aryl methyl sites for hydroxylation is 1. The maximum Gasteiger partial charge on any atom is 0.410 e. The number of nitrogens with zero attached hydrogens (tertiary/aromatic N) is 1. The molecule has 0 aliphatic carbocycles. The van der Waals surface area contributed by atoms with Crippen LogP contribution in [0.15, 0.2) is 12.1 Å². The summed E-state index contributed by atoms with van der Waals surface area (Å²) in [4.78, 5) is 16.8. The predicted molar refractivity (Wildman–Crippen MR) is 98.2 cm³/mol. The van der Waals surface area contributed by atoms with Gasteiger partial charge >= 0.3 is 6.09 Å². The summed E-state index contributed by atoms with van der Waals surface area (Å²) in [6.07, 6.45) is 0.836. The minimum atomic E-state index is -0.460. The molecular weight excluding hydrogens is 308 g/mol. The van der Waals surface area contributed by atoms with Crippen molar-refractivity contribution in [1.82, 2.24) is 10.2 Å². The molecule has 1 N–H and O–H groups in total. The van der Waals surface area contributed by atoms with Crippen molar-refractivity contribution in [3.8, 4) is 0 Å². The van der Waals surface area contributed by atoms with Gasteiger partial charge in [0, 0.05) is 34.9 Å². The number of carbonyl (C=O) groups excluding carboxylic acids is 1. The molecule has 0 radical (unpaired) electrons. The van der Waals surface area contributed by atoms with Gasteiger partial charge in [-0.3, -0.25) is 0 Å². The highest BCUT2D eigenvalue weighted by Gasteiger charge is 2.23. The minimum Gasteiger partial charge on any atom is -0.444 e. The average molecular weight is 341 g/mol. The van der Waals surface area contributed by atoms with Crippen molar-refractivity contribution in [2.75, 3.05) is 13.1 Å². The molecule has 132 valence electrons. The Hall–Kier alpha value is -1.07. The Bertz CT molecular complexity index is 491. The number of amides is 1. The molecule has 1 unspecified atom stereocenters. The fraction of sp³-hybridized carbons (Fsp3) is 0.722. The third-order valence-electron chi connectivity index (χ3n) is 3.51. The summed E-state index contributed by atoms with van der Waals surface area (Å²) in [5.41, 5.74) is -0.460. The molecule has 0 spiro atoms. The second-order valence-corrected chi connectivity index (χ2v) is 8.30. The van der Waals surface area contributed by atoms with E-state index in [4.69, 9.17) is 4.74 Å². The van der Waals surface area contributed by atoms with E-state index in [0.29, 0.717) is 12.6 Å². The number of nitrogens with one attached hydrogen (secondary N) is 1. The van der Waals surface area contributed by atoms with Crippen LogP contribution >= 0.6 is 11.3 Å². The lowest BCUT2D eigenvalue weighted by atomic mass is 10.2. The molecule has 0 saturated heterocycles. The van der Waals surface area contributed by atoms with Gasteiger partial charge in [-0.25, -0.2) is 4.79 Å². The Morgan fingerprint density at radius 3 is 2.43 bits per heavy atom. The first-order valence-electron chi connectivity index (χ1n) is 8.45. The van der Waals surface area contributed by atoms with E-state index in [1.165, 1.54) is 9.75 Å². The lowest BCUT2D eigenvalue weighted by Gasteiger charge is -2.30. The Balaban J connectivity index is 2.50. The number of hydrogen-bond acceptors (Lipinski definition) is 4. The third kappa shape index (κ3) is 6.92. The summed E-state index contributed by atoms with van der Waals surface area (Å²) >= 11 is 1.85. The normalized spacial score (nSPS) is 13.2. The number of ether oxygens (including phenoxy) is 1. The van der Waals surface area contributed by atoms with Crippen molar-refractivity contribution >= 4 is 17.4 Å². The smallest absolute Gasteiger partial charge is 0.410 e. The van der Waals surface area contributed by atoms with E-state index in [0.717, 1.165) is 13.0 Å². The standard InChI is InChI=1S/C18H32N2O2S/c1-8-15-9-10-16(23-15)14(4)19-11-12-20(13(2)3)17(21)22-18(5,6)7/h9-10,13-14,19H,8,11-12H2,1-7H3. The lowest BCUT2D eigenvalue weighted by Crippen LogP contribution is -2.44. The molecule has 1 atom stereocenters. The summed E-state index contributed by atoms with van der Waals surface area (Å²) in [6, 6.07) is 4.80. The summed E-state index contributed by atoms with van der Waals surface area (Å²) in [6.45, 7) is 15.4. The molecule has 0 saturated carbocycles. The molecule has 1 aromatic heterocycles. The van der Waals surface area contributed by atoms with Crippen molar-refractivity contribution in [2.45, 2.75) is 72.6 Å². The predicted octanol–water partition coefficient (Wildman–Crippen LogP) is 4.61. The Labute approximate surface area is 145 Å². The van der Waals surface area contributed by atoms with E-state index in [2.05, 4.69) is 31.3 Å². The Morgan fingerprint density at radius 1 is 1.30 bits per heavy atom. The van der Waals surface area contributed by atoms with Crippen LogP contribution in [-0.2, 0) is 11.2 Å². The molecule has 0 aliphatic heterocycles. The zero-order valence-corrected chi connectivity index (χ0v) is 16.4. The largest absolute Gasteiger partial charge is 0.444 e. The van der Waals surface area contributed by atoms with E-state index in [1.807, 2.05) is 46.0 Å². The van der Waals surface area contributed by atoms with Gasteiger partial charge in [0.15, 0.2) is 0 Å². The first-order chi connectivity index (χ1) is 10.6. The molecular formula is C18H32N2O2S. The summed E-state index contributed by atoms with van der Waals surface area (Å²) in [7, 11) is 0. The van der Waals surface area contributed by atoms with Crippen LogP contribution in [0.2, 0.25) is 0 Å². The van der Waals surface area contributed by atoms with E-state index >= 15 is 0 Å². The number of hydrogen-bond donors (Lipinski definition) is 1. The Morgan fingerprint density at radius 2 is 1.96 bits per heavy atom. The molecule has 1 amide bonds. The molecule has 0 aromatic carbocycles. The molecule has 0 aliphatic rings. The highest BCUT2D eigenvalue weighted by atomic mass is 32.1. The van der Waals surface area contributed by atoms with Crippen LogP contribution < -0.4 is 5.32 Å². The first kappa shape index (κ1) is 20.0. The SMILES string of the molecule is CCc1ccc(C(C)NCCN(C(=O)OC(C)(C)C)C(C)C)s1. The van der Waals surface area contributed by atoms with Gasteiger partial charge < -0.3 is 15.0 Å². The van der Waals surface area contributed by atoms with Gasteiger partial charge in [0.25, 0.3) is 0 Å². The molecule has 5 heteroatoms. The van der Waals surface area contributed by atoms with Gasteiger partial charge in [0.2, 0.25) is 0 Å². The zero-order chi connectivity index (χ0) is 17.6. The van der Waals surface area contributed by atoms with Gasteiger partial charge in [0.05, 0.1) is 0 Å². The van der Waals surface area contributed by atoms with Crippen LogP contribution in [0.5, 0.6) is 0 Å². The summed E-state index contributed by atoms with van der Waals surface area (Å²) < 4.78 is 5.48. The zero-order valence-electron chi connectivity index (χ0n) is 15.6. The van der Waals surface area contributed by atoms with Gasteiger partial charge in [-0.05, 0) is 60.1 Å². The highest BCUT2D eigenvalue weighted by Crippen LogP contribution is 2.23. The van der Waals surface area contributed by atoms with E-state index in [9.17, 15) is 4.79 Å². The van der Waals surface area contributed by atoms with Gasteiger partial charge in [-0.2, -0.15) is 0 Å². The first-order valence-corrected chi connectivity index (χ1v) is 9.27. The quantitative estimate of drug-likeness (QED) is 0.788. The fourth-order valence-electron chi connectivity index (χ4n) is 2.20. The van der Waals surface area contributed by atoms with Gasteiger partial charge in [-0.1, -0.05) is 6.92 Å². The number of thiophene rings is 1. The highest BCUT2D eigenvalue weighted by molar-refractivity contribution is 7.12. The van der Waals surface area contributed by atoms with Crippen molar-refractivity contribution in [1.29, 1.82) is 0 Å². The van der Waals surface area contributed by atoms with E-state index < -0.39 is 5.60 Å². The molecule has 1 heterocycles. The lowest BCUT2D eigenvalue weighted by molar-refractivity contribution is 0.0192. The molecule has 0 bridgehead atoms. The molecule has 0 fully saturated rings. The second-order valence-electron chi connectivity index (χ2n) is 7.10. The van der Waals surface area contributed by atoms with Crippen LogP contribution in [0.4, 0.5) is 4.79 Å². The number of carbonyl (C=O) groups is 1. The van der Waals surface area contributed by atoms with Crippen molar-refractivity contribution in [3.05, 3.63) is 21.9 Å². The van der Waals surface area contributed by atoms with Crippen LogP contribution in [0.3, 0.4) is 0 Å². The molecule has 23 heavy (non-hydrogen) atoms. The fourth-order valence-corrected chi connectivity index (χ4v) is 3.18. The maximum atomic E-state index is 12.3. The maximum absolute atomic E-state index is 12.3. The monoisotopic (exact) mass is 340 g/mol. The van der Waals surface area contributed by atoms with Crippen molar-refractivity contribution in [2.24, 2.45) is 0 Å². The van der Waals surface area contributed by atoms with Crippen LogP contribution in [0, 0.1) is 0 Å². The minimum absolute atomic E-state index is 0.121. The summed E-state index contributed by atoms with van der Waals surface area (Å²) in [5.74, 6) is 0. The van der Waals surface area contributed by atoms with Crippen molar-refractivity contribution in [3.63, 3.8) is 0 Å². The van der Waals surface area contributed by atoms with Gasteiger partial charge in [-0.15, -0.1) is 11.3 Å². The van der Waals surface area contributed by atoms with Gasteiger partial charge in [0.1, 0.15) is 5.60 Å². The van der Waals surface area contributed by atoms with Crippen molar-refractivity contribution < 1.29 is 9.53 Å². The number of rotatable bonds is 7. The van der Waals surface area contributed by atoms with Crippen LogP contribution in [-0.4, -0.2) is 35.7 Å². The average Bonchev–Trinajstić information content (AvgIpc) is 2.89. The summed E-state index contributed by atoms with van der Waals surface area (Å²) in [5, 5.41) is 3.50. The van der Waals surface area contributed by atoms with E-state index in [-0.39, 0.29) is 12.1 Å².